The number of fused-ring (bicyclic) bond motifs is 2. The molecule has 2 aliphatic carbocycles. The molecule has 3 aromatic rings. The lowest BCUT2D eigenvalue weighted by Crippen LogP contribution is -2.69. The Morgan fingerprint density at radius 3 is 2.20 bits per heavy atom. The first-order valence-electron chi connectivity index (χ1n) is 25.3. The van der Waals surface area contributed by atoms with Crippen molar-refractivity contribution in [2.24, 2.45) is 22.9 Å². The molecular formula is C54H72N4O12. The summed E-state index contributed by atoms with van der Waals surface area (Å²) in [4.78, 5) is 44.1. The molecule has 1 aliphatic heterocycles. The van der Waals surface area contributed by atoms with Crippen LogP contribution in [-0.2, 0) is 20.9 Å². The van der Waals surface area contributed by atoms with E-state index in [9.17, 15) is 35.2 Å². The number of nitro benzene ring substituents is 2. The second-order valence-electron chi connectivity index (χ2n) is 18.7. The van der Waals surface area contributed by atoms with Crippen LogP contribution in [0.3, 0.4) is 0 Å². The molecule has 6 atom stereocenters. The van der Waals surface area contributed by atoms with Gasteiger partial charge in [0.2, 0.25) is 5.79 Å². The van der Waals surface area contributed by atoms with Crippen molar-refractivity contribution in [1.29, 1.82) is 0 Å². The van der Waals surface area contributed by atoms with Crippen LogP contribution in [0.5, 0.6) is 17.2 Å². The largest absolute Gasteiger partial charge is 0.459 e. The fraction of sp³-hybridized carbons (Fsp3) is 0.556. The Hall–Kier alpha value is -5.84. The van der Waals surface area contributed by atoms with Gasteiger partial charge in [-0.1, -0.05) is 101 Å². The minimum Gasteiger partial charge on any atom is -0.459 e. The lowest BCUT2D eigenvalue weighted by molar-refractivity contribution is -0.385. The molecule has 70 heavy (non-hydrogen) atoms. The van der Waals surface area contributed by atoms with Crippen LogP contribution in [0.1, 0.15) is 133 Å². The van der Waals surface area contributed by atoms with Crippen molar-refractivity contribution in [3.8, 4) is 17.2 Å². The van der Waals surface area contributed by atoms with Gasteiger partial charge in [-0.3, -0.25) is 20.2 Å². The van der Waals surface area contributed by atoms with E-state index in [1.54, 1.807) is 48.4 Å². The Balaban J connectivity index is 1.41. The summed E-state index contributed by atoms with van der Waals surface area (Å²) in [6.07, 6.45) is 19.1. The molecule has 16 heteroatoms. The number of unbranched alkanes of at least 4 members (excludes halogenated alkanes) is 11. The molecule has 380 valence electrons. The molecule has 3 aromatic carbocycles. The Labute approximate surface area is 412 Å². The summed E-state index contributed by atoms with van der Waals surface area (Å²) in [6, 6.07) is 16.8. The predicted octanol–water partition coefficient (Wildman–Crippen LogP) is 12.1. The highest BCUT2D eigenvalue weighted by atomic mass is 16.7. The fourth-order valence-electron chi connectivity index (χ4n) is 10.5. The first-order valence-corrected chi connectivity index (χ1v) is 25.3. The number of benzene rings is 3. The summed E-state index contributed by atoms with van der Waals surface area (Å²) in [5.74, 6) is -1.31. The van der Waals surface area contributed by atoms with Gasteiger partial charge in [-0.05, 0) is 91.5 Å². The number of amides is 1. The van der Waals surface area contributed by atoms with Crippen molar-refractivity contribution < 1.29 is 48.6 Å². The number of hydrogen-bond donors (Lipinski definition) is 2. The SMILES string of the molecule is C=CCOC12Oc3ccc(Oc4cccc([N+](=O)[O-])c4)cc3C3C(CCCCO)C(CCCCO)C=C(C(=NOCc4ccc([N+](=O)[O-])cc4)CC1N(C)C(=O)OCCCCCCCCCCCC)C32. The van der Waals surface area contributed by atoms with E-state index in [0.717, 1.165) is 56.1 Å². The summed E-state index contributed by atoms with van der Waals surface area (Å²) in [5, 5.41) is 47.8. The maximum atomic E-state index is 14.3. The molecule has 0 bridgehead atoms. The van der Waals surface area contributed by atoms with Gasteiger partial charge in [-0.2, -0.15) is 0 Å². The maximum Gasteiger partial charge on any atom is 0.409 e. The quantitative estimate of drug-likeness (QED) is 0.0277. The lowest BCUT2D eigenvalue weighted by atomic mass is 9.55. The van der Waals surface area contributed by atoms with Gasteiger partial charge in [0.15, 0.2) is 0 Å². The Bertz CT molecular complexity index is 2250. The van der Waals surface area contributed by atoms with Gasteiger partial charge < -0.3 is 38.9 Å². The zero-order valence-electron chi connectivity index (χ0n) is 40.9. The molecule has 0 saturated heterocycles. The number of aliphatic hydroxyl groups is 2. The van der Waals surface area contributed by atoms with Crippen molar-refractivity contribution in [1.82, 2.24) is 4.90 Å². The highest BCUT2D eigenvalue weighted by Crippen LogP contribution is 2.62. The highest BCUT2D eigenvalue weighted by molar-refractivity contribution is 6.03. The van der Waals surface area contributed by atoms with Crippen molar-refractivity contribution in [3.63, 3.8) is 0 Å². The Kier molecular flexibility index (Phi) is 20.6. The number of carbonyl (C=O) groups is 1. The minimum absolute atomic E-state index is 0.0176. The van der Waals surface area contributed by atoms with Gasteiger partial charge in [0.1, 0.15) is 29.9 Å². The third-order valence-corrected chi connectivity index (χ3v) is 13.9. The molecular weight excluding hydrogens is 897 g/mol. The summed E-state index contributed by atoms with van der Waals surface area (Å²) in [6.45, 7) is 6.65. The molecule has 1 amide bonds. The number of allylic oxidation sites excluding steroid dienone is 1. The number of carbonyl (C=O) groups excluding carboxylic acids is 1. The Morgan fingerprint density at radius 2 is 1.53 bits per heavy atom. The molecule has 0 radical (unpaired) electrons. The lowest BCUT2D eigenvalue weighted by Gasteiger charge is -2.59. The topological polar surface area (TPSA) is 206 Å². The molecule has 0 spiro atoms. The number of oxime groups is 1. The standard InChI is InChI=1S/C54H72N4O12/c1-4-6-7-8-9-10-11-12-13-18-33-66-53(61)56(3)50-37-48(55-68-38-39-24-26-41(27-25-39)57(62)63)46-34-40(20-14-16-30-59)45(23-15-17-31-60)51-47-36-44(69-43-22-19-21-42(35-43)58(64)65)28-29-49(47)70-54(50,52(46)51)67-32-5-2/h5,19,21-22,24-29,34-36,40,45,50-52,59-60H,2,4,6-18,20,23,30-33,37-38H2,1,3H3. The fourth-order valence-corrected chi connectivity index (χ4v) is 10.5. The summed E-state index contributed by atoms with van der Waals surface area (Å²) in [7, 11) is 1.69. The zero-order chi connectivity index (χ0) is 49.9. The van der Waals surface area contributed by atoms with E-state index < -0.39 is 33.7 Å². The molecule has 1 saturated carbocycles. The first-order chi connectivity index (χ1) is 34.0. The molecule has 6 rings (SSSR count). The molecule has 2 N–H and O–H groups in total. The van der Waals surface area contributed by atoms with Crippen LogP contribution < -0.4 is 9.47 Å². The van der Waals surface area contributed by atoms with Crippen LogP contribution in [0.4, 0.5) is 16.2 Å². The maximum absolute atomic E-state index is 14.3. The second kappa shape index (κ2) is 26.9. The number of hydrogen-bond acceptors (Lipinski definition) is 13. The normalized spacial score (nSPS) is 21.7. The first kappa shape index (κ1) is 53.5. The number of rotatable bonds is 30. The van der Waals surface area contributed by atoms with Crippen LogP contribution in [0.15, 0.2) is 96.2 Å². The van der Waals surface area contributed by atoms with Crippen LogP contribution >= 0.6 is 0 Å². The highest BCUT2D eigenvalue weighted by Gasteiger charge is 2.65. The van der Waals surface area contributed by atoms with E-state index in [2.05, 4.69) is 19.6 Å². The van der Waals surface area contributed by atoms with Crippen LogP contribution in [0.2, 0.25) is 0 Å². The van der Waals surface area contributed by atoms with Crippen molar-refractivity contribution in [2.75, 3.05) is 33.5 Å². The number of nitrogens with zero attached hydrogens (tertiary/aromatic N) is 4. The van der Waals surface area contributed by atoms with Crippen LogP contribution in [0.25, 0.3) is 0 Å². The molecule has 1 fully saturated rings. The predicted molar refractivity (Wildman–Crippen MR) is 267 cm³/mol. The summed E-state index contributed by atoms with van der Waals surface area (Å²) in [5.41, 5.74) is 2.73. The average Bonchev–Trinajstić information content (AvgIpc) is 3.36. The van der Waals surface area contributed by atoms with Gasteiger partial charge in [0, 0.05) is 56.4 Å². The van der Waals surface area contributed by atoms with Gasteiger partial charge in [0.05, 0.1) is 40.8 Å². The van der Waals surface area contributed by atoms with Crippen molar-refractivity contribution in [3.05, 3.63) is 122 Å². The average molecular weight is 969 g/mol. The molecule has 6 unspecified atom stereocenters. The third kappa shape index (κ3) is 13.7. The van der Waals surface area contributed by atoms with E-state index in [1.807, 2.05) is 12.1 Å². The van der Waals surface area contributed by atoms with E-state index in [-0.39, 0.29) is 74.3 Å². The van der Waals surface area contributed by atoms with Gasteiger partial charge in [0.25, 0.3) is 11.4 Å². The van der Waals surface area contributed by atoms with E-state index in [4.69, 9.17) is 28.9 Å². The monoisotopic (exact) mass is 969 g/mol. The molecule has 3 aliphatic rings. The number of ether oxygens (including phenoxy) is 4. The van der Waals surface area contributed by atoms with Gasteiger partial charge in [-0.15, -0.1) is 6.58 Å². The van der Waals surface area contributed by atoms with Crippen molar-refractivity contribution >= 4 is 23.2 Å². The third-order valence-electron chi connectivity index (χ3n) is 13.9. The summed E-state index contributed by atoms with van der Waals surface area (Å²) >= 11 is 0. The number of nitro groups is 2. The minimum atomic E-state index is -1.51. The van der Waals surface area contributed by atoms with E-state index >= 15 is 0 Å². The van der Waals surface area contributed by atoms with Crippen molar-refractivity contribution in [2.45, 2.75) is 140 Å². The number of non-ortho nitro benzene ring substituents is 2. The smallest absolute Gasteiger partial charge is 0.409 e. The summed E-state index contributed by atoms with van der Waals surface area (Å²) < 4.78 is 26.6. The zero-order valence-corrected chi connectivity index (χ0v) is 40.9. The molecule has 1 heterocycles. The Morgan fingerprint density at radius 1 is 0.857 bits per heavy atom. The molecule has 16 nitrogen and oxygen atoms in total. The van der Waals surface area contributed by atoms with Crippen LogP contribution in [-0.4, -0.2) is 82.1 Å². The second-order valence-corrected chi connectivity index (χ2v) is 18.7. The number of likely N-dealkylation sites (N-methyl/N-ethyl adjacent to an activating group) is 1. The molecule has 0 aromatic heterocycles. The van der Waals surface area contributed by atoms with Gasteiger partial charge >= 0.3 is 6.09 Å². The number of aliphatic hydroxyl groups excluding tert-OH is 2. The van der Waals surface area contributed by atoms with E-state index in [1.165, 1.54) is 62.8 Å². The van der Waals surface area contributed by atoms with Crippen LogP contribution in [0, 0.1) is 38.0 Å². The van der Waals surface area contributed by atoms with Gasteiger partial charge in [-0.25, -0.2) is 4.79 Å². The van der Waals surface area contributed by atoms with E-state index in [0.29, 0.717) is 42.0 Å².